The van der Waals surface area contributed by atoms with E-state index in [0.29, 0.717) is 12.5 Å². The molecule has 2 N–H and O–H groups in total. The van der Waals surface area contributed by atoms with Gasteiger partial charge < -0.3 is 10.6 Å². The predicted octanol–water partition coefficient (Wildman–Crippen LogP) is 1.21. The van der Waals surface area contributed by atoms with Gasteiger partial charge in [0.2, 0.25) is 0 Å². The topological polar surface area (TPSA) is 58.2 Å². The van der Waals surface area contributed by atoms with Crippen molar-refractivity contribution in [2.75, 3.05) is 6.54 Å². The number of amides is 2. The summed E-state index contributed by atoms with van der Waals surface area (Å²) >= 11 is 0. The van der Waals surface area contributed by atoms with Crippen molar-refractivity contribution in [1.82, 2.24) is 10.6 Å². The normalized spacial score (nSPS) is 24.9. The van der Waals surface area contributed by atoms with Crippen molar-refractivity contribution in [3.8, 4) is 0 Å². The fourth-order valence-electron chi connectivity index (χ4n) is 2.08. The van der Waals surface area contributed by atoms with Gasteiger partial charge >= 0.3 is 11.8 Å². The Balaban J connectivity index is 2.34. The van der Waals surface area contributed by atoms with Gasteiger partial charge in [-0.05, 0) is 25.2 Å². The summed E-state index contributed by atoms with van der Waals surface area (Å²) in [6.07, 6.45) is 5.36. The van der Waals surface area contributed by atoms with Crippen molar-refractivity contribution >= 4 is 11.8 Å². The van der Waals surface area contributed by atoms with Gasteiger partial charge in [0, 0.05) is 12.6 Å². The highest BCUT2D eigenvalue weighted by Crippen LogP contribution is 2.23. The Morgan fingerprint density at radius 1 is 1.19 bits per heavy atom. The highest BCUT2D eigenvalue weighted by atomic mass is 16.2. The largest absolute Gasteiger partial charge is 0.348 e. The van der Waals surface area contributed by atoms with Crippen LogP contribution in [0.3, 0.4) is 0 Å². The third-order valence-corrected chi connectivity index (χ3v) is 3.17. The van der Waals surface area contributed by atoms with Gasteiger partial charge in [0.15, 0.2) is 0 Å². The van der Waals surface area contributed by atoms with Gasteiger partial charge in [0.05, 0.1) is 0 Å². The third kappa shape index (κ3) is 3.83. The molecule has 1 aliphatic carbocycles. The number of carbonyl (C=O) groups is 2. The van der Waals surface area contributed by atoms with Gasteiger partial charge in [-0.3, -0.25) is 9.59 Å². The Labute approximate surface area is 97.2 Å². The minimum absolute atomic E-state index is 0.175. The van der Waals surface area contributed by atoms with E-state index in [1.54, 1.807) is 0 Å². The monoisotopic (exact) mass is 226 g/mol. The average molecular weight is 226 g/mol. The Morgan fingerprint density at radius 3 is 2.50 bits per heavy atom. The van der Waals surface area contributed by atoms with Crippen molar-refractivity contribution in [1.29, 1.82) is 0 Å². The van der Waals surface area contributed by atoms with Crippen LogP contribution in [0.2, 0.25) is 0 Å². The molecule has 0 bridgehead atoms. The molecule has 1 aliphatic rings. The van der Waals surface area contributed by atoms with Gasteiger partial charge in [0.25, 0.3) is 0 Å². The van der Waals surface area contributed by atoms with Crippen LogP contribution in [0.4, 0.5) is 0 Å². The molecular formula is C12H22N2O2. The van der Waals surface area contributed by atoms with E-state index >= 15 is 0 Å². The van der Waals surface area contributed by atoms with Gasteiger partial charge in [-0.2, -0.15) is 0 Å². The summed E-state index contributed by atoms with van der Waals surface area (Å²) in [7, 11) is 0. The number of carbonyl (C=O) groups excluding carboxylic acids is 2. The van der Waals surface area contributed by atoms with E-state index < -0.39 is 11.8 Å². The lowest BCUT2D eigenvalue weighted by Gasteiger charge is -2.29. The molecule has 0 aromatic rings. The first-order chi connectivity index (χ1) is 7.65. The van der Waals surface area contributed by atoms with E-state index in [4.69, 9.17) is 0 Å². The lowest BCUT2D eigenvalue weighted by molar-refractivity contribution is -0.139. The first kappa shape index (κ1) is 13.0. The van der Waals surface area contributed by atoms with Crippen LogP contribution < -0.4 is 10.6 Å². The van der Waals surface area contributed by atoms with Crippen LogP contribution in [-0.4, -0.2) is 24.4 Å². The summed E-state index contributed by atoms with van der Waals surface area (Å²) in [5, 5.41) is 5.41. The Bertz CT molecular complexity index is 253. The number of nitrogens with one attached hydrogen (secondary N) is 2. The number of hydrogen-bond acceptors (Lipinski definition) is 2. The molecule has 4 nitrogen and oxygen atoms in total. The first-order valence-corrected chi connectivity index (χ1v) is 6.23. The van der Waals surface area contributed by atoms with Crippen molar-refractivity contribution in [3.05, 3.63) is 0 Å². The van der Waals surface area contributed by atoms with Crippen molar-refractivity contribution in [3.63, 3.8) is 0 Å². The molecule has 0 aromatic carbocycles. The summed E-state index contributed by atoms with van der Waals surface area (Å²) in [4.78, 5) is 22.9. The zero-order valence-electron chi connectivity index (χ0n) is 10.2. The zero-order chi connectivity index (χ0) is 12.0. The van der Waals surface area contributed by atoms with Crippen LogP contribution in [0.5, 0.6) is 0 Å². The minimum atomic E-state index is -0.500. The molecule has 1 rings (SSSR count). The maximum atomic E-state index is 11.5. The average Bonchev–Trinajstić information content (AvgIpc) is 2.28. The number of hydrogen-bond donors (Lipinski definition) is 2. The molecule has 16 heavy (non-hydrogen) atoms. The fraction of sp³-hybridized carbons (Fsp3) is 0.833. The summed E-state index contributed by atoms with van der Waals surface area (Å²) in [6, 6.07) is 0.175. The fourth-order valence-corrected chi connectivity index (χ4v) is 2.08. The number of rotatable bonds is 3. The van der Waals surface area contributed by atoms with Crippen molar-refractivity contribution in [2.24, 2.45) is 5.92 Å². The lowest BCUT2D eigenvalue weighted by atomic mass is 9.86. The van der Waals surface area contributed by atoms with E-state index in [9.17, 15) is 9.59 Å². The standard InChI is InChI=1S/C12H22N2O2/c1-3-8-13-11(15)12(16)14-10-7-5-4-6-9(10)2/h9-10H,3-8H2,1-2H3,(H,13,15)(H,14,16)/t9-,10+/m0/s1. The second-order valence-electron chi connectivity index (χ2n) is 4.60. The van der Waals surface area contributed by atoms with Crippen LogP contribution in [0.25, 0.3) is 0 Å². The van der Waals surface area contributed by atoms with E-state index in [1.807, 2.05) is 6.92 Å². The molecule has 1 fully saturated rings. The van der Waals surface area contributed by atoms with Crippen LogP contribution in [0.1, 0.15) is 46.0 Å². The second-order valence-corrected chi connectivity index (χ2v) is 4.60. The van der Waals surface area contributed by atoms with Crippen molar-refractivity contribution < 1.29 is 9.59 Å². The molecule has 0 radical (unpaired) electrons. The molecule has 0 heterocycles. The summed E-state index contributed by atoms with van der Waals surface area (Å²) in [6.45, 7) is 4.65. The summed E-state index contributed by atoms with van der Waals surface area (Å²) < 4.78 is 0. The highest BCUT2D eigenvalue weighted by Gasteiger charge is 2.24. The quantitative estimate of drug-likeness (QED) is 0.711. The van der Waals surface area contributed by atoms with E-state index in [2.05, 4.69) is 17.6 Å². The van der Waals surface area contributed by atoms with Gasteiger partial charge in [-0.15, -0.1) is 0 Å². The molecule has 0 saturated heterocycles. The predicted molar refractivity (Wildman–Crippen MR) is 62.9 cm³/mol. The molecule has 0 spiro atoms. The maximum absolute atomic E-state index is 11.5. The maximum Gasteiger partial charge on any atom is 0.309 e. The molecule has 0 aliphatic heterocycles. The molecule has 2 amide bonds. The molecule has 92 valence electrons. The second kappa shape index (κ2) is 6.51. The lowest BCUT2D eigenvalue weighted by Crippen LogP contribution is -2.47. The SMILES string of the molecule is CCCNC(=O)C(=O)N[C@@H]1CCCC[C@@H]1C. The van der Waals surface area contributed by atoms with Crippen LogP contribution >= 0.6 is 0 Å². The van der Waals surface area contributed by atoms with Crippen LogP contribution in [-0.2, 0) is 9.59 Å². The Kier molecular flexibility index (Phi) is 5.29. The van der Waals surface area contributed by atoms with Gasteiger partial charge in [0.1, 0.15) is 0 Å². The summed E-state index contributed by atoms with van der Waals surface area (Å²) in [5.74, 6) is -0.497. The molecule has 1 saturated carbocycles. The Morgan fingerprint density at radius 2 is 1.88 bits per heavy atom. The molecule has 4 heteroatoms. The minimum Gasteiger partial charge on any atom is -0.348 e. The third-order valence-electron chi connectivity index (χ3n) is 3.17. The molecule has 0 unspecified atom stereocenters. The summed E-state index contributed by atoms with van der Waals surface area (Å²) in [5.41, 5.74) is 0. The van der Waals surface area contributed by atoms with Gasteiger partial charge in [-0.25, -0.2) is 0 Å². The van der Waals surface area contributed by atoms with Crippen molar-refractivity contribution in [2.45, 2.75) is 52.0 Å². The highest BCUT2D eigenvalue weighted by molar-refractivity contribution is 6.35. The van der Waals surface area contributed by atoms with E-state index in [1.165, 1.54) is 6.42 Å². The van der Waals surface area contributed by atoms with Crippen LogP contribution in [0.15, 0.2) is 0 Å². The van der Waals surface area contributed by atoms with Crippen LogP contribution in [0, 0.1) is 5.92 Å². The smallest absolute Gasteiger partial charge is 0.309 e. The van der Waals surface area contributed by atoms with Gasteiger partial charge in [-0.1, -0.05) is 26.7 Å². The zero-order valence-corrected chi connectivity index (χ0v) is 10.2. The Hall–Kier alpha value is -1.06. The molecule has 2 atom stereocenters. The molecule has 0 aromatic heterocycles. The van der Waals surface area contributed by atoms with E-state index in [0.717, 1.165) is 25.7 Å². The molecular weight excluding hydrogens is 204 g/mol. The first-order valence-electron chi connectivity index (χ1n) is 6.23. The van der Waals surface area contributed by atoms with E-state index in [-0.39, 0.29) is 6.04 Å².